The van der Waals surface area contributed by atoms with Crippen molar-refractivity contribution in [1.29, 1.82) is 0 Å². The third-order valence-corrected chi connectivity index (χ3v) is 5.02. The van der Waals surface area contributed by atoms with Gasteiger partial charge >= 0.3 is 0 Å². The number of benzene rings is 2. The van der Waals surface area contributed by atoms with Gasteiger partial charge in [-0.25, -0.2) is 15.1 Å². The molecule has 31 heavy (non-hydrogen) atoms. The molecule has 10 heteroatoms. The lowest BCUT2D eigenvalue weighted by Crippen LogP contribution is -2.21. The lowest BCUT2D eigenvalue weighted by Gasteiger charge is -2.11. The van der Waals surface area contributed by atoms with Crippen molar-refractivity contribution >= 4 is 22.4 Å². The van der Waals surface area contributed by atoms with Crippen LogP contribution in [0, 0.1) is 17.0 Å². The van der Waals surface area contributed by atoms with E-state index in [9.17, 15) is 10.1 Å². The van der Waals surface area contributed by atoms with Crippen LogP contribution in [-0.4, -0.2) is 26.5 Å². The molecule has 0 fully saturated rings. The number of fused-ring (bicyclic) bond motifs is 2. The molecule has 0 spiro atoms. The molecule has 0 aliphatic carbocycles. The Bertz CT molecular complexity index is 1290. The first-order valence-electron chi connectivity index (χ1n) is 9.57. The zero-order chi connectivity index (χ0) is 21.4. The van der Waals surface area contributed by atoms with Crippen molar-refractivity contribution in [2.75, 3.05) is 12.2 Å². The van der Waals surface area contributed by atoms with Crippen LogP contribution in [0.25, 0.3) is 16.7 Å². The van der Waals surface area contributed by atoms with Gasteiger partial charge in [-0.3, -0.25) is 10.1 Å². The van der Waals surface area contributed by atoms with Crippen LogP contribution in [-0.2, 0) is 6.54 Å². The number of aromatic nitrogens is 3. The van der Waals surface area contributed by atoms with Crippen molar-refractivity contribution in [3.63, 3.8) is 0 Å². The van der Waals surface area contributed by atoms with E-state index in [0.717, 1.165) is 22.5 Å². The summed E-state index contributed by atoms with van der Waals surface area (Å²) < 4.78 is 12.4. The van der Waals surface area contributed by atoms with Gasteiger partial charge in [0.15, 0.2) is 17.1 Å². The number of aryl methyl sites for hydroxylation is 1. The lowest BCUT2D eigenvalue weighted by atomic mass is 10.1. The molecular formula is C21H18N6O4. The normalized spacial score (nSPS) is 12.3. The molecule has 0 saturated carbocycles. The maximum Gasteiger partial charge on any atom is 0.277 e. The molecule has 2 N–H and O–H groups in total. The van der Waals surface area contributed by atoms with E-state index >= 15 is 0 Å². The standard InChI is InChI=1S/C21H18N6O4/c1-13-20-16(7-8-22-21(20)26(25-13)15-5-3-2-4-6-15)24-23-11-14-9-18-19(31-12-30-18)10-17(14)27(28)29/h2-10,23H,11-12H2,1H3,(H,22,24). The minimum absolute atomic E-state index is 0.0356. The molecule has 0 radical (unpaired) electrons. The van der Waals surface area contributed by atoms with E-state index in [0.29, 0.717) is 22.7 Å². The van der Waals surface area contributed by atoms with Crippen LogP contribution in [0.2, 0.25) is 0 Å². The molecule has 3 heterocycles. The Morgan fingerprint density at radius 3 is 2.71 bits per heavy atom. The molecule has 2 aromatic carbocycles. The maximum absolute atomic E-state index is 11.5. The van der Waals surface area contributed by atoms with Gasteiger partial charge in [0.05, 0.1) is 33.4 Å². The quantitative estimate of drug-likeness (QED) is 0.361. The fourth-order valence-electron chi connectivity index (χ4n) is 3.59. The number of nitrogens with one attached hydrogen (secondary N) is 2. The summed E-state index contributed by atoms with van der Waals surface area (Å²) in [5, 5.41) is 16.9. The Morgan fingerprint density at radius 1 is 1.16 bits per heavy atom. The molecular weight excluding hydrogens is 400 g/mol. The second kappa shape index (κ2) is 7.58. The van der Waals surface area contributed by atoms with Gasteiger partial charge in [0.1, 0.15) is 0 Å². The van der Waals surface area contributed by atoms with E-state index in [1.54, 1.807) is 16.9 Å². The highest BCUT2D eigenvalue weighted by molar-refractivity contribution is 5.92. The number of hydrogen-bond acceptors (Lipinski definition) is 8. The summed E-state index contributed by atoms with van der Waals surface area (Å²) in [6.45, 7) is 2.17. The maximum atomic E-state index is 11.5. The monoisotopic (exact) mass is 418 g/mol. The molecule has 0 atom stereocenters. The Kier molecular flexibility index (Phi) is 4.60. The minimum Gasteiger partial charge on any atom is -0.454 e. The molecule has 5 rings (SSSR count). The third-order valence-electron chi connectivity index (χ3n) is 5.02. The van der Waals surface area contributed by atoms with Crippen molar-refractivity contribution in [2.45, 2.75) is 13.5 Å². The largest absolute Gasteiger partial charge is 0.454 e. The molecule has 0 saturated heterocycles. The van der Waals surface area contributed by atoms with E-state index < -0.39 is 4.92 Å². The van der Waals surface area contributed by atoms with Gasteiger partial charge in [0, 0.05) is 18.3 Å². The molecule has 0 bridgehead atoms. The third kappa shape index (κ3) is 3.38. The highest BCUT2D eigenvalue weighted by atomic mass is 16.7. The second-order valence-corrected chi connectivity index (χ2v) is 6.96. The Balaban J connectivity index is 1.41. The predicted molar refractivity (Wildman–Crippen MR) is 113 cm³/mol. The van der Waals surface area contributed by atoms with Gasteiger partial charge in [-0.2, -0.15) is 5.10 Å². The van der Waals surface area contributed by atoms with E-state index in [1.807, 2.05) is 43.3 Å². The van der Waals surface area contributed by atoms with Gasteiger partial charge in [-0.15, -0.1) is 0 Å². The number of rotatable bonds is 6. The first kappa shape index (κ1) is 18.8. The summed E-state index contributed by atoms with van der Waals surface area (Å²) in [6, 6.07) is 14.6. The summed E-state index contributed by atoms with van der Waals surface area (Å²) in [6.07, 6.45) is 1.69. The summed E-state index contributed by atoms with van der Waals surface area (Å²) in [7, 11) is 0. The molecule has 2 aromatic heterocycles. The number of hydrogen-bond donors (Lipinski definition) is 2. The number of para-hydroxylation sites is 1. The van der Waals surface area contributed by atoms with Gasteiger partial charge in [0.2, 0.25) is 6.79 Å². The van der Waals surface area contributed by atoms with E-state index in [-0.39, 0.29) is 19.0 Å². The first-order valence-corrected chi connectivity index (χ1v) is 9.57. The van der Waals surface area contributed by atoms with Crippen LogP contribution < -0.4 is 20.3 Å². The fourth-order valence-corrected chi connectivity index (χ4v) is 3.59. The molecule has 4 aromatic rings. The van der Waals surface area contributed by atoms with Gasteiger partial charge in [-0.05, 0) is 31.2 Å². The van der Waals surface area contributed by atoms with E-state index in [4.69, 9.17) is 9.47 Å². The minimum atomic E-state index is -0.433. The fraction of sp³-hybridized carbons (Fsp3) is 0.143. The van der Waals surface area contributed by atoms with Crippen molar-refractivity contribution in [2.24, 2.45) is 0 Å². The SMILES string of the molecule is Cc1nn(-c2ccccc2)c2nccc(NNCc3cc4c(cc3[N+](=O)[O-])OCO4)c12. The Hall–Kier alpha value is -4.18. The molecule has 156 valence electrons. The van der Waals surface area contributed by atoms with Gasteiger partial charge in [0.25, 0.3) is 5.69 Å². The molecule has 10 nitrogen and oxygen atoms in total. The van der Waals surface area contributed by atoms with Crippen LogP contribution in [0.3, 0.4) is 0 Å². The van der Waals surface area contributed by atoms with Crippen molar-refractivity contribution < 1.29 is 14.4 Å². The van der Waals surface area contributed by atoms with Crippen LogP contribution >= 0.6 is 0 Å². The number of nitrogens with zero attached hydrogens (tertiary/aromatic N) is 4. The summed E-state index contributed by atoms with van der Waals surface area (Å²) in [4.78, 5) is 15.5. The van der Waals surface area contributed by atoms with Crippen LogP contribution in [0.5, 0.6) is 11.5 Å². The first-order chi connectivity index (χ1) is 15.1. The smallest absolute Gasteiger partial charge is 0.277 e. The molecule has 0 amide bonds. The molecule has 1 aliphatic heterocycles. The number of ether oxygens (including phenoxy) is 2. The van der Waals surface area contributed by atoms with Gasteiger partial charge in [-0.1, -0.05) is 18.2 Å². The highest BCUT2D eigenvalue weighted by Crippen LogP contribution is 2.38. The lowest BCUT2D eigenvalue weighted by molar-refractivity contribution is -0.385. The summed E-state index contributed by atoms with van der Waals surface area (Å²) in [5.41, 5.74) is 9.84. The highest BCUT2D eigenvalue weighted by Gasteiger charge is 2.23. The Labute approximate surface area is 176 Å². The summed E-state index contributed by atoms with van der Waals surface area (Å²) >= 11 is 0. The molecule has 0 unspecified atom stereocenters. The van der Waals surface area contributed by atoms with Crippen molar-refractivity contribution in [3.8, 4) is 17.2 Å². The average molecular weight is 418 g/mol. The number of nitro groups is 1. The van der Waals surface area contributed by atoms with Crippen LogP contribution in [0.15, 0.2) is 54.7 Å². The van der Waals surface area contributed by atoms with Crippen LogP contribution in [0.4, 0.5) is 11.4 Å². The zero-order valence-electron chi connectivity index (χ0n) is 16.5. The average Bonchev–Trinajstić information content (AvgIpc) is 3.38. The van der Waals surface area contributed by atoms with Crippen LogP contribution in [0.1, 0.15) is 11.3 Å². The van der Waals surface area contributed by atoms with Crippen molar-refractivity contribution in [3.05, 3.63) is 76.1 Å². The molecule has 1 aliphatic rings. The summed E-state index contributed by atoms with van der Waals surface area (Å²) in [5.74, 6) is 0.872. The predicted octanol–water partition coefficient (Wildman–Crippen LogP) is 3.48. The zero-order valence-corrected chi connectivity index (χ0v) is 16.5. The number of pyridine rings is 1. The van der Waals surface area contributed by atoms with E-state index in [2.05, 4.69) is 20.9 Å². The van der Waals surface area contributed by atoms with E-state index in [1.165, 1.54) is 6.07 Å². The number of hydrazine groups is 1. The topological polar surface area (TPSA) is 116 Å². The second-order valence-electron chi connectivity index (χ2n) is 6.96. The Morgan fingerprint density at radius 2 is 1.94 bits per heavy atom. The number of anilines is 1. The van der Waals surface area contributed by atoms with Crippen molar-refractivity contribution in [1.82, 2.24) is 20.2 Å². The van der Waals surface area contributed by atoms with Gasteiger partial charge < -0.3 is 14.9 Å². The number of nitro benzene ring substituents is 1.